The van der Waals surface area contributed by atoms with Gasteiger partial charge in [0.05, 0.1) is 11.6 Å². The average molecular weight is 365 g/mol. The molecule has 4 nitrogen and oxygen atoms in total. The van der Waals surface area contributed by atoms with E-state index in [2.05, 4.69) is 0 Å². The van der Waals surface area contributed by atoms with Gasteiger partial charge >= 0.3 is 0 Å². The summed E-state index contributed by atoms with van der Waals surface area (Å²) < 4.78 is 27.4. The topological polar surface area (TPSA) is 40.6 Å². The maximum atomic E-state index is 14.0. The van der Waals surface area contributed by atoms with Gasteiger partial charge in [0.2, 0.25) is 11.8 Å². The molecule has 1 fully saturated rings. The van der Waals surface area contributed by atoms with Gasteiger partial charge in [-0.25, -0.2) is 8.78 Å². The van der Waals surface area contributed by atoms with E-state index < -0.39 is 17.6 Å². The summed E-state index contributed by atoms with van der Waals surface area (Å²) in [6.45, 7) is 0.126. The van der Waals surface area contributed by atoms with Crippen LogP contribution in [0.5, 0.6) is 0 Å². The van der Waals surface area contributed by atoms with Crippen LogP contribution in [0.4, 0.5) is 20.2 Å². The predicted octanol–water partition coefficient (Wildman–Crippen LogP) is 3.63. The van der Waals surface area contributed by atoms with Gasteiger partial charge in [0.25, 0.3) is 0 Å². The number of carbonyl (C=O) groups is 2. The molecule has 1 aliphatic rings. The molecule has 130 valence electrons. The Morgan fingerprint density at radius 1 is 1.24 bits per heavy atom. The molecule has 2 aromatic rings. The monoisotopic (exact) mass is 364 g/mol. The van der Waals surface area contributed by atoms with E-state index in [-0.39, 0.29) is 35.5 Å². The molecule has 0 aromatic heterocycles. The van der Waals surface area contributed by atoms with Crippen LogP contribution in [-0.2, 0) is 9.59 Å². The van der Waals surface area contributed by atoms with Crippen molar-refractivity contribution in [1.29, 1.82) is 0 Å². The summed E-state index contributed by atoms with van der Waals surface area (Å²) in [5.74, 6) is -2.35. The fourth-order valence-corrected chi connectivity index (χ4v) is 3.07. The highest BCUT2D eigenvalue weighted by molar-refractivity contribution is 6.30. The number of hydrogen-bond donors (Lipinski definition) is 0. The van der Waals surface area contributed by atoms with Crippen molar-refractivity contribution in [3.05, 3.63) is 59.1 Å². The van der Waals surface area contributed by atoms with Crippen LogP contribution >= 0.6 is 11.6 Å². The maximum absolute atomic E-state index is 14.0. The Bertz CT molecular complexity index is 844. The van der Waals surface area contributed by atoms with Crippen molar-refractivity contribution in [2.24, 2.45) is 5.92 Å². The second-order valence-electron chi connectivity index (χ2n) is 5.88. The minimum absolute atomic E-state index is 0.00506. The molecule has 25 heavy (non-hydrogen) atoms. The lowest BCUT2D eigenvalue weighted by Gasteiger charge is -2.22. The van der Waals surface area contributed by atoms with Gasteiger partial charge in [0.1, 0.15) is 11.6 Å². The van der Waals surface area contributed by atoms with Crippen LogP contribution in [0.1, 0.15) is 6.42 Å². The van der Waals surface area contributed by atoms with Crippen molar-refractivity contribution in [3.8, 4) is 0 Å². The zero-order chi connectivity index (χ0) is 18.1. The Labute approximate surface area is 148 Å². The third kappa shape index (κ3) is 3.49. The molecule has 1 saturated heterocycles. The van der Waals surface area contributed by atoms with E-state index in [1.165, 1.54) is 47.2 Å². The van der Waals surface area contributed by atoms with Gasteiger partial charge in [-0.15, -0.1) is 0 Å². The van der Waals surface area contributed by atoms with E-state index in [9.17, 15) is 18.4 Å². The summed E-state index contributed by atoms with van der Waals surface area (Å²) in [6, 6.07) is 9.66. The molecule has 7 heteroatoms. The van der Waals surface area contributed by atoms with Crippen molar-refractivity contribution in [2.75, 3.05) is 23.4 Å². The SMILES string of the molecule is CN(C(=O)C1CC(=O)N(c2cccc(F)c2)C1)c1ccc(Cl)cc1F. The summed E-state index contributed by atoms with van der Waals surface area (Å²) in [6.07, 6.45) is -0.00506. The quantitative estimate of drug-likeness (QED) is 0.834. The molecule has 2 aromatic carbocycles. The Hall–Kier alpha value is -2.47. The number of rotatable bonds is 3. The smallest absolute Gasteiger partial charge is 0.232 e. The van der Waals surface area contributed by atoms with Crippen LogP contribution in [-0.4, -0.2) is 25.4 Å². The number of halogens is 3. The summed E-state index contributed by atoms with van der Waals surface area (Å²) in [4.78, 5) is 27.4. The summed E-state index contributed by atoms with van der Waals surface area (Å²) in [5.41, 5.74) is 0.492. The largest absolute Gasteiger partial charge is 0.312 e. The molecule has 1 aliphatic heterocycles. The fourth-order valence-electron chi connectivity index (χ4n) is 2.91. The van der Waals surface area contributed by atoms with E-state index in [4.69, 9.17) is 11.6 Å². The molecule has 1 atom stereocenters. The van der Waals surface area contributed by atoms with Crippen LogP contribution in [0, 0.1) is 17.6 Å². The van der Waals surface area contributed by atoms with Crippen molar-refractivity contribution >= 4 is 34.8 Å². The molecule has 2 amide bonds. The summed E-state index contributed by atoms with van der Waals surface area (Å²) >= 11 is 5.72. The molecule has 0 spiro atoms. The Kier molecular flexibility index (Phi) is 4.72. The van der Waals surface area contributed by atoms with E-state index in [0.29, 0.717) is 5.69 Å². The van der Waals surface area contributed by atoms with E-state index in [1.807, 2.05) is 0 Å². The standard InChI is InChI=1S/C18H15ClF2N2O2/c1-22(16-6-5-12(19)8-15(16)21)18(25)11-7-17(24)23(10-11)14-4-2-3-13(20)9-14/h2-6,8-9,11H,7,10H2,1H3. The molecule has 3 rings (SSSR count). The highest BCUT2D eigenvalue weighted by Crippen LogP contribution is 2.29. The number of amides is 2. The van der Waals surface area contributed by atoms with Crippen molar-refractivity contribution in [3.63, 3.8) is 0 Å². The number of anilines is 2. The lowest BCUT2D eigenvalue weighted by Crippen LogP contribution is -2.35. The van der Waals surface area contributed by atoms with Gasteiger partial charge < -0.3 is 9.80 Å². The average Bonchev–Trinajstić information content (AvgIpc) is 2.95. The lowest BCUT2D eigenvalue weighted by molar-refractivity contribution is -0.124. The summed E-state index contributed by atoms with van der Waals surface area (Å²) in [5, 5.41) is 0.232. The molecule has 0 bridgehead atoms. The van der Waals surface area contributed by atoms with Crippen LogP contribution in [0.15, 0.2) is 42.5 Å². The normalized spacial score (nSPS) is 17.0. The molecule has 1 heterocycles. The van der Waals surface area contributed by atoms with E-state index in [1.54, 1.807) is 6.07 Å². The molecule has 0 N–H and O–H groups in total. The molecular formula is C18H15ClF2N2O2. The highest BCUT2D eigenvalue weighted by Gasteiger charge is 2.37. The van der Waals surface area contributed by atoms with Crippen molar-refractivity contribution < 1.29 is 18.4 Å². The van der Waals surface area contributed by atoms with Gasteiger partial charge in [0.15, 0.2) is 0 Å². The van der Waals surface area contributed by atoms with Crippen molar-refractivity contribution in [2.45, 2.75) is 6.42 Å². The van der Waals surface area contributed by atoms with Gasteiger partial charge in [0, 0.05) is 30.7 Å². The number of hydrogen-bond acceptors (Lipinski definition) is 2. The number of nitrogens with zero attached hydrogens (tertiary/aromatic N) is 2. The minimum Gasteiger partial charge on any atom is -0.312 e. The first-order chi connectivity index (χ1) is 11.9. The minimum atomic E-state index is -0.629. The number of carbonyl (C=O) groups excluding carboxylic acids is 2. The predicted molar refractivity (Wildman–Crippen MR) is 91.7 cm³/mol. The second kappa shape index (κ2) is 6.80. The van der Waals surface area contributed by atoms with Gasteiger partial charge in [-0.05, 0) is 36.4 Å². The third-order valence-electron chi connectivity index (χ3n) is 4.20. The first-order valence-corrected chi connectivity index (χ1v) is 8.03. The molecule has 0 aliphatic carbocycles. The first-order valence-electron chi connectivity index (χ1n) is 7.65. The van der Waals surface area contributed by atoms with Gasteiger partial charge in [-0.1, -0.05) is 17.7 Å². The Morgan fingerprint density at radius 2 is 2.00 bits per heavy atom. The number of benzene rings is 2. The zero-order valence-corrected chi connectivity index (χ0v) is 14.1. The Morgan fingerprint density at radius 3 is 2.68 bits per heavy atom. The zero-order valence-electron chi connectivity index (χ0n) is 13.4. The fraction of sp³-hybridized carbons (Fsp3) is 0.222. The van der Waals surface area contributed by atoms with Gasteiger partial charge in [-0.2, -0.15) is 0 Å². The van der Waals surface area contributed by atoms with Crippen LogP contribution < -0.4 is 9.80 Å². The van der Waals surface area contributed by atoms with Crippen LogP contribution in [0.3, 0.4) is 0 Å². The summed E-state index contributed by atoms with van der Waals surface area (Å²) in [7, 11) is 1.45. The highest BCUT2D eigenvalue weighted by atomic mass is 35.5. The lowest BCUT2D eigenvalue weighted by atomic mass is 10.1. The molecular weight excluding hydrogens is 350 g/mol. The third-order valence-corrected chi connectivity index (χ3v) is 4.43. The molecule has 0 saturated carbocycles. The first kappa shape index (κ1) is 17.4. The second-order valence-corrected chi connectivity index (χ2v) is 6.31. The molecule has 0 radical (unpaired) electrons. The maximum Gasteiger partial charge on any atom is 0.232 e. The van der Waals surface area contributed by atoms with E-state index in [0.717, 1.165) is 6.07 Å². The van der Waals surface area contributed by atoms with Gasteiger partial charge in [-0.3, -0.25) is 9.59 Å². The van der Waals surface area contributed by atoms with Crippen LogP contribution in [0.2, 0.25) is 5.02 Å². The Balaban J connectivity index is 1.78. The van der Waals surface area contributed by atoms with Crippen molar-refractivity contribution in [1.82, 2.24) is 0 Å². The van der Waals surface area contributed by atoms with Crippen LogP contribution in [0.25, 0.3) is 0 Å². The van der Waals surface area contributed by atoms with E-state index >= 15 is 0 Å². The molecule has 1 unspecified atom stereocenters.